The van der Waals surface area contributed by atoms with Crippen LogP contribution in [0.15, 0.2) is 113 Å². The van der Waals surface area contributed by atoms with Crippen molar-refractivity contribution in [1.82, 2.24) is 0 Å². The van der Waals surface area contributed by atoms with Crippen LogP contribution in [0.3, 0.4) is 0 Å². The molecule has 5 aromatic carbocycles. The molecule has 6 heteroatoms. The van der Waals surface area contributed by atoms with Gasteiger partial charge < -0.3 is 4.74 Å². The van der Waals surface area contributed by atoms with Crippen LogP contribution < -0.4 is 9.64 Å². The number of hydrogen-bond acceptors (Lipinski definition) is 4. The van der Waals surface area contributed by atoms with Crippen LogP contribution in [0.25, 0.3) is 22.3 Å². The Hall–Kier alpha value is -4.81. The first-order valence-corrected chi connectivity index (χ1v) is 14.8. The van der Waals surface area contributed by atoms with Crippen molar-refractivity contribution in [2.24, 2.45) is 0 Å². The van der Waals surface area contributed by atoms with Gasteiger partial charge in [0, 0.05) is 10.5 Å². The van der Waals surface area contributed by atoms with Gasteiger partial charge in [-0.05, 0) is 97.1 Å². The Morgan fingerprint density at radius 3 is 1.86 bits per heavy atom. The van der Waals surface area contributed by atoms with E-state index in [2.05, 4.69) is 0 Å². The fourth-order valence-electron chi connectivity index (χ4n) is 5.54. The summed E-state index contributed by atoms with van der Waals surface area (Å²) in [7, 11) is 0.192. The molecule has 42 heavy (non-hydrogen) atoms. The quantitative estimate of drug-likeness (QED) is 0.194. The maximum Gasteiger partial charge on any atom is 0.266 e. The number of nitrogens with zero attached hydrogens (tertiary/aromatic N) is 1. The molecule has 2 amide bonds. The van der Waals surface area contributed by atoms with Gasteiger partial charge in [-0.15, -0.1) is 0 Å². The van der Waals surface area contributed by atoms with E-state index in [1.165, 1.54) is 4.90 Å². The molecule has 0 bridgehead atoms. The van der Waals surface area contributed by atoms with E-state index in [1.807, 2.05) is 93.6 Å². The number of rotatable bonds is 6. The van der Waals surface area contributed by atoms with Crippen molar-refractivity contribution in [3.63, 3.8) is 0 Å². The number of carbonyl (C=O) groups excluding carboxylic acids is 2. The number of anilines is 1. The third kappa shape index (κ3) is 4.54. The normalized spacial score (nSPS) is 13.3. The van der Waals surface area contributed by atoms with Crippen molar-refractivity contribution in [3.05, 3.63) is 131 Å². The fraction of sp³-hybridized carbons (Fsp3) is 0.111. The monoisotopic (exact) mass is 571 g/mol. The topological polar surface area (TPSA) is 63.7 Å². The SMILES string of the molecule is COc1ccc(C)c(-c2ccccc2[S@@](=O)c2ccc(C)cc2)c1-c1cc(N2C(=O)c3ccccc3C2=O)ccc1C. The average molecular weight is 572 g/mol. The molecule has 208 valence electrons. The lowest BCUT2D eigenvalue weighted by atomic mass is 9.88. The zero-order valence-electron chi connectivity index (χ0n) is 23.8. The molecule has 0 radical (unpaired) electrons. The van der Waals surface area contributed by atoms with Gasteiger partial charge in [0.1, 0.15) is 5.75 Å². The molecule has 6 rings (SSSR count). The van der Waals surface area contributed by atoms with E-state index in [0.29, 0.717) is 27.5 Å². The maximum atomic E-state index is 13.9. The van der Waals surface area contributed by atoms with Gasteiger partial charge in [-0.2, -0.15) is 0 Å². The van der Waals surface area contributed by atoms with Crippen LogP contribution in [-0.4, -0.2) is 23.1 Å². The summed E-state index contributed by atoms with van der Waals surface area (Å²) in [6.45, 7) is 6.02. The zero-order chi connectivity index (χ0) is 29.5. The van der Waals surface area contributed by atoms with E-state index in [0.717, 1.165) is 43.8 Å². The van der Waals surface area contributed by atoms with Crippen molar-refractivity contribution < 1.29 is 18.5 Å². The summed E-state index contributed by atoms with van der Waals surface area (Å²) in [5.41, 5.74) is 7.62. The first kappa shape index (κ1) is 27.4. The molecule has 0 N–H and O–H groups in total. The van der Waals surface area contributed by atoms with Gasteiger partial charge in [-0.3, -0.25) is 9.59 Å². The van der Waals surface area contributed by atoms with E-state index in [4.69, 9.17) is 4.74 Å². The molecule has 0 aliphatic carbocycles. The minimum atomic E-state index is -1.43. The summed E-state index contributed by atoms with van der Waals surface area (Å²) in [5.74, 6) is -0.0597. The highest BCUT2D eigenvalue weighted by Gasteiger charge is 2.36. The number of methoxy groups -OCH3 is 1. The molecule has 5 nitrogen and oxygen atoms in total. The maximum absolute atomic E-state index is 13.9. The van der Waals surface area contributed by atoms with Crippen LogP contribution in [0, 0.1) is 20.8 Å². The van der Waals surface area contributed by atoms with Crippen LogP contribution >= 0.6 is 0 Å². The number of hydrogen-bond donors (Lipinski definition) is 0. The lowest BCUT2D eigenvalue weighted by molar-refractivity contribution is 0.0926. The molecule has 1 aliphatic heterocycles. The summed E-state index contributed by atoms with van der Waals surface area (Å²) in [4.78, 5) is 29.3. The van der Waals surface area contributed by atoms with Gasteiger partial charge in [-0.25, -0.2) is 9.11 Å². The summed E-state index contributed by atoms with van der Waals surface area (Å²) in [6, 6.07) is 31.8. The van der Waals surface area contributed by atoms with E-state index in [9.17, 15) is 13.8 Å². The Balaban J connectivity index is 1.55. The first-order valence-electron chi connectivity index (χ1n) is 13.6. The van der Waals surface area contributed by atoms with E-state index >= 15 is 0 Å². The molecule has 0 fully saturated rings. The molecule has 0 unspecified atom stereocenters. The van der Waals surface area contributed by atoms with Crippen molar-refractivity contribution in [1.29, 1.82) is 0 Å². The number of carbonyl (C=O) groups is 2. The largest absolute Gasteiger partial charge is 0.496 e. The minimum absolute atomic E-state index is 0.347. The number of ether oxygens (including phenoxy) is 1. The van der Waals surface area contributed by atoms with Gasteiger partial charge in [0.2, 0.25) is 0 Å². The van der Waals surface area contributed by atoms with E-state index < -0.39 is 10.8 Å². The van der Waals surface area contributed by atoms with Gasteiger partial charge in [-0.1, -0.05) is 60.2 Å². The van der Waals surface area contributed by atoms with Gasteiger partial charge in [0.15, 0.2) is 0 Å². The predicted molar refractivity (Wildman–Crippen MR) is 167 cm³/mol. The molecular weight excluding hydrogens is 542 g/mol. The Morgan fingerprint density at radius 2 is 1.21 bits per heavy atom. The number of benzene rings is 5. The fourth-order valence-corrected chi connectivity index (χ4v) is 6.75. The Morgan fingerprint density at radius 1 is 0.619 bits per heavy atom. The van der Waals surface area contributed by atoms with Gasteiger partial charge in [0.25, 0.3) is 11.8 Å². The van der Waals surface area contributed by atoms with Crippen molar-refractivity contribution in [2.45, 2.75) is 30.6 Å². The number of fused-ring (bicyclic) bond motifs is 1. The zero-order valence-corrected chi connectivity index (χ0v) is 24.6. The summed E-state index contributed by atoms with van der Waals surface area (Å²) >= 11 is 0. The molecule has 0 spiro atoms. The third-order valence-corrected chi connectivity index (χ3v) is 9.19. The standard InChI is InChI=1S/C36H29NO4S/c1-22-13-18-26(19-14-22)42(40)32-12-8-7-11-29(32)33-24(3)16-20-31(41-4)34(33)30-21-25(17-15-23(30)2)37-35(38)27-9-5-6-10-28(27)36(37)39/h5-21H,1-4H3/t42-/m0/s1. The highest BCUT2D eigenvalue weighted by molar-refractivity contribution is 7.85. The summed E-state index contributed by atoms with van der Waals surface area (Å²) < 4.78 is 19.8. The predicted octanol–water partition coefficient (Wildman–Crippen LogP) is 7.92. The molecule has 0 aromatic heterocycles. The minimum Gasteiger partial charge on any atom is -0.496 e. The molecule has 1 aliphatic rings. The molecule has 1 atom stereocenters. The van der Waals surface area contributed by atoms with Crippen LogP contribution in [0.5, 0.6) is 5.75 Å². The second-order valence-corrected chi connectivity index (χ2v) is 11.9. The third-order valence-electron chi connectivity index (χ3n) is 7.73. The molecule has 1 heterocycles. The second-order valence-electron chi connectivity index (χ2n) is 10.4. The lowest BCUT2D eigenvalue weighted by Crippen LogP contribution is -2.29. The second kappa shape index (κ2) is 10.9. The average Bonchev–Trinajstić information content (AvgIpc) is 3.27. The number of amides is 2. The van der Waals surface area contributed by atoms with Crippen molar-refractivity contribution in [3.8, 4) is 28.0 Å². The lowest BCUT2D eigenvalue weighted by Gasteiger charge is -2.22. The van der Waals surface area contributed by atoms with Gasteiger partial charge in [0.05, 0.1) is 39.6 Å². The molecule has 0 saturated heterocycles. The van der Waals surface area contributed by atoms with E-state index in [-0.39, 0.29) is 11.8 Å². The highest BCUT2D eigenvalue weighted by Crippen LogP contribution is 2.46. The van der Waals surface area contributed by atoms with Crippen molar-refractivity contribution in [2.75, 3.05) is 12.0 Å². The Labute approximate surface area is 247 Å². The number of imide groups is 1. The van der Waals surface area contributed by atoms with Crippen LogP contribution in [-0.2, 0) is 10.8 Å². The van der Waals surface area contributed by atoms with Crippen LogP contribution in [0.1, 0.15) is 37.4 Å². The summed E-state index contributed by atoms with van der Waals surface area (Å²) in [6.07, 6.45) is 0. The highest BCUT2D eigenvalue weighted by atomic mass is 32.2. The Bertz CT molecular complexity index is 1870. The van der Waals surface area contributed by atoms with E-state index in [1.54, 1.807) is 37.4 Å². The summed E-state index contributed by atoms with van der Waals surface area (Å²) in [5, 5.41) is 0. The molecular formula is C36H29NO4S. The number of aryl methyl sites for hydroxylation is 3. The molecule has 0 saturated carbocycles. The smallest absolute Gasteiger partial charge is 0.266 e. The van der Waals surface area contributed by atoms with Crippen LogP contribution in [0.4, 0.5) is 5.69 Å². The Kier molecular flexibility index (Phi) is 7.09. The first-order chi connectivity index (χ1) is 20.3. The van der Waals surface area contributed by atoms with Gasteiger partial charge >= 0.3 is 0 Å². The molecule has 5 aromatic rings. The van der Waals surface area contributed by atoms with Crippen molar-refractivity contribution >= 4 is 28.3 Å². The van der Waals surface area contributed by atoms with Crippen LogP contribution in [0.2, 0.25) is 0 Å².